The maximum absolute atomic E-state index is 14.0. The zero-order valence-corrected chi connectivity index (χ0v) is 29.4. The fraction of sp³-hybridized carbons (Fsp3) is 0.486. The molecule has 0 bridgehead atoms. The Morgan fingerprint density at radius 3 is 2.38 bits per heavy atom. The molecule has 0 aromatic heterocycles. The van der Waals surface area contributed by atoms with Gasteiger partial charge < -0.3 is 30.4 Å². The molecule has 0 aliphatic carbocycles. The molecule has 0 radical (unpaired) electrons. The first-order valence-corrected chi connectivity index (χ1v) is 19.4. The molecule has 3 aromatic carbocycles. The first-order valence-electron chi connectivity index (χ1n) is 16.5. The lowest BCUT2D eigenvalue weighted by Gasteiger charge is -2.38. The van der Waals surface area contributed by atoms with Crippen molar-refractivity contribution in [2.75, 3.05) is 39.5 Å². The van der Waals surface area contributed by atoms with Gasteiger partial charge >= 0.3 is 0 Å². The second-order valence-corrected chi connectivity index (χ2v) is 17.1. The maximum Gasteiger partial charge on any atom is 0.246 e. The molecule has 3 aromatic rings. The highest BCUT2D eigenvalue weighted by Crippen LogP contribution is 2.39. The zero-order valence-electron chi connectivity index (χ0n) is 27.8. The number of piperidine rings is 1. The SMILES string of the molecule is CCOc1ccc(-c2ccc(CN)cc2)cc1S(=O)(=O)N1CCC2(CC1)C[C@H](NC[C@H](O)COc1cccc(S(=O)(=O)C(C)C)c1)CO2. The molecule has 2 aliphatic heterocycles. The normalized spacial score (nSPS) is 19.1. The predicted molar refractivity (Wildman–Crippen MR) is 184 cm³/mol. The molecule has 4 N–H and O–H groups in total. The van der Waals surface area contributed by atoms with E-state index in [1.54, 1.807) is 38.1 Å². The van der Waals surface area contributed by atoms with Gasteiger partial charge in [-0.1, -0.05) is 36.4 Å². The number of sulfonamides is 1. The highest BCUT2D eigenvalue weighted by Gasteiger charge is 2.45. The molecule has 13 heteroatoms. The van der Waals surface area contributed by atoms with Crippen LogP contribution in [0.2, 0.25) is 0 Å². The van der Waals surface area contributed by atoms with E-state index in [0.717, 1.165) is 16.7 Å². The number of aliphatic hydroxyl groups is 1. The third kappa shape index (κ3) is 8.21. The predicted octanol–water partition coefficient (Wildman–Crippen LogP) is 3.73. The first-order chi connectivity index (χ1) is 22.9. The summed E-state index contributed by atoms with van der Waals surface area (Å²) >= 11 is 0. The average molecular weight is 702 g/mol. The van der Waals surface area contributed by atoms with Gasteiger partial charge in [-0.3, -0.25) is 0 Å². The number of hydrogen-bond donors (Lipinski definition) is 3. The molecule has 48 heavy (non-hydrogen) atoms. The molecule has 262 valence electrons. The van der Waals surface area contributed by atoms with Crippen LogP contribution in [0.5, 0.6) is 11.5 Å². The number of nitrogens with one attached hydrogen (secondary N) is 1. The lowest BCUT2D eigenvalue weighted by Crippen LogP contribution is -2.47. The van der Waals surface area contributed by atoms with Crippen LogP contribution in [0.3, 0.4) is 0 Å². The molecule has 2 heterocycles. The minimum atomic E-state index is -3.85. The third-order valence-electron chi connectivity index (χ3n) is 9.07. The standard InChI is InChI=1S/C35H47N3O8S2/c1-4-44-33-13-12-28(27-10-8-26(21-36)9-11-27)18-34(33)48(42,43)38-16-14-35(15-17-38)20-29(23-46-35)37-22-30(39)24-45-31-6-5-7-32(19-31)47(40,41)25(2)3/h5-13,18-19,25,29-30,37,39H,4,14-17,20-24,36H2,1-3H3/t29-,30-/m0/s1. The van der Waals surface area contributed by atoms with E-state index in [4.69, 9.17) is 19.9 Å². The van der Waals surface area contributed by atoms with Crippen LogP contribution in [0, 0.1) is 0 Å². The van der Waals surface area contributed by atoms with Crippen molar-refractivity contribution in [1.82, 2.24) is 9.62 Å². The van der Waals surface area contributed by atoms with Crippen molar-refractivity contribution in [1.29, 1.82) is 0 Å². The van der Waals surface area contributed by atoms with Crippen molar-refractivity contribution < 1.29 is 36.2 Å². The van der Waals surface area contributed by atoms with E-state index in [-0.39, 0.29) is 29.0 Å². The van der Waals surface area contributed by atoms with E-state index in [2.05, 4.69) is 5.32 Å². The smallest absolute Gasteiger partial charge is 0.246 e. The summed E-state index contributed by atoms with van der Waals surface area (Å²) in [5, 5.41) is 13.4. The summed E-state index contributed by atoms with van der Waals surface area (Å²) in [4.78, 5) is 0.337. The van der Waals surface area contributed by atoms with Crippen LogP contribution in [-0.2, 0) is 31.1 Å². The van der Waals surface area contributed by atoms with Crippen LogP contribution in [0.15, 0.2) is 76.5 Å². The number of aliphatic hydroxyl groups excluding tert-OH is 1. The Morgan fingerprint density at radius 2 is 1.71 bits per heavy atom. The van der Waals surface area contributed by atoms with Gasteiger partial charge in [-0.05, 0) is 87.1 Å². The Hall–Kier alpha value is -3.04. The zero-order chi connectivity index (χ0) is 34.5. The van der Waals surface area contributed by atoms with Gasteiger partial charge in [0.25, 0.3) is 0 Å². The molecular weight excluding hydrogens is 655 g/mol. The quantitative estimate of drug-likeness (QED) is 0.226. The average Bonchev–Trinajstić information content (AvgIpc) is 3.48. The van der Waals surface area contributed by atoms with E-state index in [1.165, 1.54) is 16.4 Å². The Kier molecular flexibility index (Phi) is 11.5. The van der Waals surface area contributed by atoms with Crippen molar-refractivity contribution in [2.45, 2.75) is 79.4 Å². The number of nitrogens with zero attached hydrogens (tertiary/aromatic N) is 1. The third-order valence-corrected chi connectivity index (χ3v) is 13.1. The van der Waals surface area contributed by atoms with Crippen LogP contribution in [0.25, 0.3) is 11.1 Å². The number of benzene rings is 3. The molecule has 5 rings (SSSR count). The van der Waals surface area contributed by atoms with Crippen molar-refractivity contribution >= 4 is 19.9 Å². The lowest BCUT2D eigenvalue weighted by molar-refractivity contribution is -0.0312. The Morgan fingerprint density at radius 1 is 1.00 bits per heavy atom. The second-order valence-electron chi connectivity index (χ2n) is 12.7. The number of sulfone groups is 1. The topological polar surface area (TPSA) is 157 Å². The summed E-state index contributed by atoms with van der Waals surface area (Å²) in [6.07, 6.45) is 0.973. The first kappa shape index (κ1) is 36.2. The minimum Gasteiger partial charge on any atom is -0.492 e. The Labute approximate surface area is 284 Å². The maximum atomic E-state index is 14.0. The minimum absolute atomic E-state index is 0.00535. The van der Waals surface area contributed by atoms with Gasteiger partial charge in [-0.25, -0.2) is 16.8 Å². The van der Waals surface area contributed by atoms with E-state index in [9.17, 15) is 21.9 Å². The van der Waals surface area contributed by atoms with E-state index in [0.29, 0.717) is 63.6 Å². The summed E-state index contributed by atoms with van der Waals surface area (Å²) < 4.78 is 72.1. The van der Waals surface area contributed by atoms with E-state index in [1.807, 2.05) is 37.3 Å². The van der Waals surface area contributed by atoms with Gasteiger partial charge in [-0.15, -0.1) is 0 Å². The fourth-order valence-corrected chi connectivity index (χ4v) is 8.85. The molecule has 11 nitrogen and oxygen atoms in total. The summed E-state index contributed by atoms with van der Waals surface area (Å²) in [5.74, 6) is 0.708. The van der Waals surface area contributed by atoms with Crippen LogP contribution < -0.4 is 20.5 Å². The van der Waals surface area contributed by atoms with Crippen molar-refractivity contribution in [3.63, 3.8) is 0 Å². The summed E-state index contributed by atoms with van der Waals surface area (Å²) in [6.45, 7) is 7.21. The van der Waals surface area contributed by atoms with E-state index < -0.39 is 36.8 Å². The molecule has 2 aliphatic rings. The van der Waals surface area contributed by atoms with Gasteiger partial charge in [0.05, 0.1) is 29.0 Å². The van der Waals surface area contributed by atoms with Gasteiger partial charge in [0.2, 0.25) is 10.0 Å². The number of ether oxygens (including phenoxy) is 3. The summed E-state index contributed by atoms with van der Waals surface area (Å²) in [7, 11) is -7.28. The van der Waals surface area contributed by atoms with E-state index >= 15 is 0 Å². The molecule has 0 amide bonds. The molecule has 2 saturated heterocycles. The summed E-state index contributed by atoms with van der Waals surface area (Å²) in [6, 6.07) is 19.3. The van der Waals surface area contributed by atoms with Gasteiger partial charge in [0, 0.05) is 32.2 Å². The Balaban J connectivity index is 1.15. The molecule has 2 atom stereocenters. The number of rotatable bonds is 14. The van der Waals surface area contributed by atoms with Crippen LogP contribution in [-0.4, -0.2) is 88.7 Å². The fourth-order valence-electron chi connectivity index (χ4n) is 6.16. The largest absolute Gasteiger partial charge is 0.492 e. The molecule has 2 fully saturated rings. The summed E-state index contributed by atoms with van der Waals surface area (Å²) in [5.41, 5.74) is 7.97. The van der Waals surface area contributed by atoms with Crippen molar-refractivity contribution in [2.24, 2.45) is 5.73 Å². The van der Waals surface area contributed by atoms with Crippen molar-refractivity contribution in [3.05, 3.63) is 72.3 Å². The Bertz CT molecular complexity index is 1760. The monoisotopic (exact) mass is 701 g/mol. The molecule has 0 saturated carbocycles. The highest BCUT2D eigenvalue weighted by molar-refractivity contribution is 7.92. The van der Waals surface area contributed by atoms with Crippen LogP contribution in [0.4, 0.5) is 0 Å². The van der Waals surface area contributed by atoms with Crippen LogP contribution in [0.1, 0.15) is 45.6 Å². The number of nitrogens with two attached hydrogens (primary N) is 1. The van der Waals surface area contributed by atoms with Gasteiger partial charge in [0.1, 0.15) is 29.1 Å². The molecular formula is C35H47N3O8S2. The van der Waals surface area contributed by atoms with Crippen LogP contribution >= 0.6 is 0 Å². The van der Waals surface area contributed by atoms with Gasteiger partial charge in [0.15, 0.2) is 9.84 Å². The lowest BCUT2D eigenvalue weighted by atomic mass is 9.88. The van der Waals surface area contributed by atoms with Crippen molar-refractivity contribution in [3.8, 4) is 22.6 Å². The highest BCUT2D eigenvalue weighted by atomic mass is 32.2. The molecule has 0 unspecified atom stereocenters. The van der Waals surface area contributed by atoms with Gasteiger partial charge in [-0.2, -0.15) is 4.31 Å². The number of hydrogen-bond acceptors (Lipinski definition) is 10. The molecule has 1 spiro atoms. The second kappa shape index (κ2) is 15.2.